The van der Waals surface area contributed by atoms with E-state index in [-0.39, 0.29) is 29.9 Å². The van der Waals surface area contributed by atoms with E-state index in [9.17, 15) is 18.8 Å². The van der Waals surface area contributed by atoms with Crippen LogP contribution in [0.2, 0.25) is 0 Å². The van der Waals surface area contributed by atoms with Gasteiger partial charge in [0.1, 0.15) is 5.82 Å². The van der Waals surface area contributed by atoms with E-state index in [2.05, 4.69) is 20.0 Å². The summed E-state index contributed by atoms with van der Waals surface area (Å²) in [6, 6.07) is 14.9. The fourth-order valence-corrected chi connectivity index (χ4v) is 3.79. The highest BCUT2D eigenvalue weighted by atomic mass is 19.1. The van der Waals surface area contributed by atoms with Crippen LogP contribution in [0.1, 0.15) is 42.2 Å². The highest BCUT2D eigenvalue weighted by molar-refractivity contribution is 6.05. The fraction of sp³-hybridized carbons (Fsp3) is 0.107. The molecule has 0 aliphatic rings. The minimum absolute atomic E-state index is 0.114. The first-order valence-corrected chi connectivity index (χ1v) is 11.3. The number of hydrogen-bond acceptors (Lipinski definition) is 7. The Hall–Kier alpha value is -4.76. The SMILES string of the molecule is COC(=O)c1cncc(NC(=O)c2cccc(-c3cc(C(=O)Cc4ccncc4F)ccc3CN)c2)c1. The quantitative estimate of drug-likeness (QED) is 0.275. The van der Waals surface area contributed by atoms with Crippen molar-refractivity contribution >= 4 is 23.3 Å². The maximum Gasteiger partial charge on any atom is 0.339 e. The molecule has 2 aromatic heterocycles. The molecule has 0 saturated carbocycles. The number of pyridine rings is 2. The second-order valence-electron chi connectivity index (χ2n) is 8.13. The number of aromatic nitrogens is 2. The normalized spacial score (nSPS) is 10.6. The van der Waals surface area contributed by atoms with Gasteiger partial charge in [-0.25, -0.2) is 9.18 Å². The smallest absolute Gasteiger partial charge is 0.339 e. The lowest BCUT2D eigenvalue weighted by Gasteiger charge is -2.12. The third-order valence-electron chi connectivity index (χ3n) is 5.71. The number of esters is 1. The topological polar surface area (TPSA) is 124 Å². The van der Waals surface area contributed by atoms with Gasteiger partial charge in [-0.05, 0) is 52.6 Å². The zero-order valence-electron chi connectivity index (χ0n) is 19.9. The molecule has 0 atom stereocenters. The van der Waals surface area contributed by atoms with Crippen LogP contribution in [0.4, 0.5) is 10.1 Å². The van der Waals surface area contributed by atoms with Crippen molar-refractivity contribution in [3.63, 3.8) is 0 Å². The average Bonchev–Trinajstić information content (AvgIpc) is 2.93. The Bertz CT molecular complexity index is 1490. The molecule has 0 unspecified atom stereocenters. The lowest BCUT2D eigenvalue weighted by atomic mass is 9.93. The minimum Gasteiger partial charge on any atom is -0.465 e. The average molecular weight is 499 g/mol. The van der Waals surface area contributed by atoms with Gasteiger partial charge in [-0.1, -0.05) is 24.3 Å². The third kappa shape index (κ3) is 5.91. The molecule has 2 aromatic carbocycles. The number of nitrogens with zero attached hydrogens (tertiary/aromatic N) is 2. The molecule has 0 saturated heterocycles. The summed E-state index contributed by atoms with van der Waals surface area (Å²) in [4.78, 5) is 45.3. The molecule has 4 aromatic rings. The number of Topliss-reactive ketones (excluding diaryl/α,β-unsaturated/α-hetero) is 1. The number of carbonyl (C=O) groups excluding carboxylic acids is 3. The monoisotopic (exact) mass is 498 g/mol. The van der Waals surface area contributed by atoms with Gasteiger partial charge in [0.25, 0.3) is 5.91 Å². The fourth-order valence-electron chi connectivity index (χ4n) is 3.79. The van der Waals surface area contributed by atoms with Crippen molar-refractivity contribution in [2.24, 2.45) is 5.73 Å². The molecule has 186 valence electrons. The lowest BCUT2D eigenvalue weighted by Crippen LogP contribution is -2.13. The van der Waals surface area contributed by atoms with Gasteiger partial charge in [-0.15, -0.1) is 0 Å². The predicted octanol–water partition coefficient (Wildman–Crippen LogP) is 4.21. The number of halogens is 1. The standard InChI is InChI=1S/C28H23FN4O4/c1-37-28(36)22-10-23(15-32-14-22)33-27(35)20-4-2-3-17(9-20)24-11-19(5-6-21(24)13-30)26(34)12-18-7-8-31-16-25(18)29/h2-11,14-16H,12-13,30H2,1H3,(H,33,35). The molecule has 9 heteroatoms. The van der Waals surface area contributed by atoms with E-state index in [1.54, 1.807) is 36.4 Å². The van der Waals surface area contributed by atoms with E-state index in [4.69, 9.17) is 5.73 Å². The van der Waals surface area contributed by atoms with E-state index in [0.717, 1.165) is 11.8 Å². The summed E-state index contributed by atoms with van der Waals surface area (Å²) < 4.78 is 18.7. The first-order chi connectivity index (χ1) is 17.9. The van der Waals surface area contributed by atoms with Crippen molar-refractivity contribution in [2.75, 3.05) is 12.4 Å². The maximum absolute atomic E-state index is 14.0. The number of nitrogens with two attached hydrogens (primary N) is 1. The van der Waals surface area contributed by atoms with Gasteiger partial charge < -0.3 is 15.8 Å². The molecule has 8 nitrogen and oxygen atoms in total. The van der Waals surface area contributed by atoms with Gasteiger partial charge in [-0.2, -0.15) is 0 Å². The Balaban J connectivity index is 1.60. The van der Waals surface area contributed by atoms with Gasteiger partial charge in [0.2, 0.25) is 0 Å². The van der Waals surface area contributed by atoms with Crippen LogP contribution in [0, 0.1) is 5.82 Å². The Morgan fingerprint density at radius 2 is 1.76 bits per heavy atom. The van der Waals surface area contributed by atoms with Crippen molar-refractivity contribution in [1.29, 1.82) is 0 Å². The first-order valence-electron chi connectivity index (χ1n) is 11.3. The summed E-state index contributed by atoms with van der Waals surface area (Å²) in [5.74, 6) is -1.79. The predicted molar refractivity (Wildman–Crippen MR) is 136 cm³/mol. The second kappa shape index (κ2) is 11.3. The maximum atomic E-state index is 14.0. The van der Waals surface area contributed by atoms with Crippen molar-refractivity contribution in [3.8, 4) is 11.1 Å². The first kappa shape index (κ1) is 25.3. The van der Waals surface area contributed by atoms with Crippen molar-refractivity contribution in [2.45, 2.75) is 13.0 Å². The summed E-state index contributed by atoms with van der Waals surface area (Å²) in [5.41, 5.74) is 9.62. The van der Waals surface area contributed by atoms with Gasteiger partial charge in [0, 0.05) is 36.5 Å². The molecule has 2 heterocycles. The summed E-state index contributed by atoms with van der Waals surface area (Å²) in [7, 11) is 1.26. The van der Waals surface area contributed by atoms with E-state index >= 15 is 0 Å². The van der Waals surface area contributed by atoms with E-state index in [1.165, 1.54) is 37.8 Å². The van der Waals surface area contributed by atoms with E-state index in [1.807, 2.05) is 6.07 Å². The minimum atomic E-state index is -0.569. The molecule has 4 rings (SSSR count). The Morgan fingerprint density at radius 3 is 2.51 bits per heavy atom. The lowest BCUT2D eigenvalue weighted by molar-refractivity contribution is 0.0600. The number of ketones is 1. The highest BCUT2D eigenvalue weighted by Gasteiger charge is 2.15. The summed E-state index contributed by atoms with van der Waals surface area (Å²) in [5, 5.41) is 2.72. The molecule has 0 aliphatic heterocycles. The van der Waals surface area contributed by atoms with Crippen LogP contribution in [0.3, 0.4) is 0 Å². The largest absolute Gasteiger partial charge is 0.465 e. The van der Waals surface area contributed by atoms with E-state index in [0.29, 0.717) is 27.9 Å². The molecule has 1 amide bonds. The summed E-state index contributed by atoms with van der Waals surface area (Å²) >= 11 is 0. The number of benzene rings is 2. The van der Waals surface area contributed by atoms with Crippen LogP contribution in [0.25, 0.3) is 11.1 Å². The third-order valence-corrected chi connectivity index (χ3v) is 5.71. The van der Waals surface area contributed by atoms with Crippen LogP contribution in [-0.4, -0.2) is 34.7 Å². The van der Waals surface area contributed by atoms with Crippen molar-refractivity contribution < 1.29 is 23.5 Å². The van der Waals surface area contributed by atoms with Gasteiger partial charge >= 0.3 is 5.97 Å². The van der Waals surface area contributed by atoms with Crippen LogP contribution in [0.15, 0.2) is 79.4 Å². The molecule has 0 fully saturated rings. The van der Waals surface area contributed by atoms with Crippen LogP contribution in [0.5, 0.6) is 0 Å². The van der Waals surface area contributed by atoms with Crippen molar-refractivity contribution in [1.82, 2.24) is 9.97 Å². The molecular formula is C28H23FN4O4. The molecule has 3 N–H and O–H groups in total. The number of ether oxygens (including phenoxy) is 1. The second-order valence-corrected chi connectivity index (χ2v) is 8.13. The molecule has 0 bridgehead atoms. The number of carbonyl (C=O) groups is 3. The van der Waals surface area contributed by atoms with Crippen LogP contribution >= 0.6 is 0 Å². The van der Waals surface area contributed by atoms with Gasteiger partial charge in [-0.3, -0.25) is 19.6 Å². The number of anilines is 1. The molecule has 0 spiro atoms. The number of hydrogen-bond donors (Lipinski definition) is 2. The number of amides is 1. The molecule has 0 radical (unpaired) electrons. The number of methoxy groups -OCH3 is 1. The van der Waals surface area contributed by atoms with Crippen LogP contribution in [-0.2, 0) is 17.7 Å². The summed E-state index contributed by atoms with van der Waals surface area (Å²) in [6.45, 7) is 0.213. The number of rotatable bonds is 8. The van der Waals surface area contributed by atoms with E-state index < -0.39 is 17.7 Å². The highest BCUT2D eigenvalue weighted by Crippen LogP contribution is 2.27. The molecular weight excluding hydrogens is 475 g/mol. The Morgan fingerprint density at radius 1 is 0.919 bits per heavy atom. The Labute approximate surface area is 212 Å². The Kier molecular flexibility index (Phi) is 7.75. The van der Waals surface area contributed by atoms with Gasteiger partial charge in [0.05, 0.1) is 30.8 Å². The van der Waals surface area contributed by atoms with Crippen LogP contribution < -0.4 is 11.1 Å². The van der Waals surface area contributed by atoms with Crippen molar-refractivity contribution in [3.05, 3.63) is 113 Å². The number of nitrogens with one attached hydrogen (secondary N) is 1. The zero-order chi connectivity index (χ0) is 26.4. The molecule has 37 heavy (non-hydrogen) atoms. The van der Waals surface area contributed by atoms with Gasteiger partial charge in [0.15, 0.2) is 5.78 Å². The summed E-state index contributed by atoms with van der Waals surface area (Å²) in [6.07, 6.45) is 5.16. The molecule has 0 aliphatic carbocycles. The zero-order valence-corrected chi connectivity index (χ0v) is 19.9.